The van der Waals surface area contributed by atoms with E-state index in [1.165, 1.54) is 0 Å². The lowest BCUT2D eigenvalue weighted by Gasteiger charge is -2.07. The Kier molecular flexibility index (Phi) is 6.53. The summed E-state index contributed by atoms with van der Waals surface area (Å²) in [7, 11) is 0. The maximum Gasteiger partial charge on any atom is 0.307 e. The molecule has 0 unspecified atom stereocenters. The van der Waals surface area contributed by atoms with Crippen LogP contribution in [-0.2, 0) is 9.53 Å². The molecule has 0 amide bonds. The molecule has 1 heterocycles. The minimum Gasteiger partial charge on any atom is -0.466 e. The van der Waals surface area contributed by atoms with Crippen LogP contribution in [0.25, 0.3) is 0 Å². The first-order valence-corrected chi connectivity index (χ1v) is 6.21. The number of nitrogens with zero attached hydrogens (tertiary/aromatic N) is 2. The van der Waals surface area contributed by atoms with Gasteiger partial charge < -0.3 is 15.4 Å². The predicted molar refractivity (Wildman–Crippen MR) is 70.6 cm³/mol. The van der Waals surface area contributed by atoms with Crippen molar-refractivity contribution in [1.29, 1.82) is 0 Å². The number of rotatable bonds is 8. The van der Waals surface area contributed by atoms with Gasteiger partial charge in [0, 0.05) is 13.1 Å². The van der Waals surface area contributed by atoms with Crippen LogP contribution in [-0.4, -0.2) is 35.6 Å². The molecule has 0 radical (unpaired) electrons. The van der Waals surface area contributed by atoms with Crippen molar-refractivity contribution < 1.29 is 9.53 Å². The third kappa shape index (κ3) is 5.47. The van der Waals surface area contributed by atoms with E-state index >= 15 is 0 Å². The summed E-state index contributed by atoms with van der Waals surface area (Å²) in [6.07, 6.45) is 4.65. The maximum atomic E-state index is 11.1. The lowest BCUT2D eigenvalue weighted by molar-refractivity contribution is -0.142. The minimum absolute atomic E-state index is 0.210. The molecule has 0 aliphatic heterocycles. The van der Waals surface area contributed by atoms with Gasteiger partial charge in [-0.1, -0.05) is 6.92 Å². The Morgan fingerprint density at radius 3 is 2.50 bits per heavy atom. The van der Waals surface area contributed by atoms with E-state index in [1.54, 1.807) is 19.3 Å². The Hall–Kier alpha value is -1.85. The van der Waals surface area contributed by atoms with Gasteiger partial charge in [0.05, 0.1) is 25.4 Å². The van der Waals surface area contributed by atoms with E-state index in [4.69, 9.17) is 4.74 Å². The summed E-state index contributed by atoms with van der Waals surface area (Å²) >= 11 is 0. The number of hydrogen-bond acceptors (Lipinski definition) is 6. The van der Waals surface area contributed by atoms with Crippen molar-refractivity contribution in [1.82, 2.24) is 9.97 Å². The second-order valence-electron chi connectivity index (χ2n) is 3.70. The first-order chi connectivity index (χ1) is 8.76. The average Bonchev–Trinajstić information content (AvgIpc) is 2.37. The zero-order valence-corrected chi connectivity index (χ0v) is 10.9. The Bertz CT molecular complexity index is 371. The number of esters is 1. The smallest absolute Gasteiger partial charge is 0.307 e. The van der Waals surface area contributed by atoms with Gasteiger partial charge in [0.15, 0.2) is 0 Å². The maximum absolute atomic E-state index is 11.1. The molecule has 0 saturated heterocycles. The highest BCUT2D eigenvalue weighted by molar-refractivity contribution is 5.69. The molecule has 0 fully saturated rings. The summed E-state index contributed by atoms with van der Waals surface area (Å²) in [4.78, 5) is 19.5. The summed E-state index contributed by atoms with van der Waals surface area (Å²) in [5, 5.41) is 6.19. The van der Waals surface area contributed by atoms with Gasteiger partial charge in [0.2, 0.25) is 0 Å². The van der Waals surface area contributed by atoms with Crippen molar-refractivity contribution in [2.45, 2.75) is 26.7 Å². The summed E-state index contributed by atoms with van der Waals surface area (Å²) in [6.45, 7) is 5.64. The fraction of sp³-hybridized carbons (Fsp3) is 0.583. The van der Waals surface area contributed by atoms with Gasteiger partial charge >= 0.3 is 5.97 Å². The number of carbonyl (C=O) groups excluding carboxylic acids is 1. The number of anilines is 2. The second kappa shape index (κ2) is 8.27. The lowest BCUT2D eigenvalue weighted by atomic mass is 10.4. The molecule has 6 nitrogen and oxygen atoms in total. The number of nitrogens with one attached hydrogen (secondary N) is 2. The van der Waals surface area contributed by atoms with Crippen LogP contribution in [0, 0.1) is 0 Å². The van der Waals surface area contributed by atoms with E-state index in [0.29, 0.717) is 25.4 Å². The zero-order chi connectivity index (χ0) is 13.2. The molecular formula is C12H20N4O2. The van der Waals surface area contributed by atoms with E-state index in [-0.39, 0.29) is 5.97 Å². The normalized spacial score (nSPS) is 9.89. The first-order valence-electron chi connectivity index (χ1n) is 6.21. The Morgan fingerprint density at radius 2 is 1.89 bits per heavy atom. The van der Waals surface area contributed by atoms with Gasteiger partial charge in [-0.2, -0.15) is 0 Å². The van der Waals surface area contributed by atoms with Crippen molar-refractivity contribution in [3.8, 4) is 0 Å². The summed E-state index contributed by atoms with van der Waals surface area (Å²) in [5.74, 6) is 1.18. The number of hydrogen-bond donors (Lipinski definition) is 2. The molecule has 6 heteroatoms. The molecule has 0 aliphatic rings. The average molecular weight is 252 g/mol. The van der Waals surface area contributed by atoms with Gasteiger partial charge in [0.25, 0.3) is 0 Å². The molecule has 0 saturated carbocycles. The third-order valence-corrected chi connectivity index (χ3v) is 2.13. The van der Waals surface area contributed by atoms with E-state index in [0.717, 1.165) is 18.8 Å². The summed E-state index contributed by atoms with van der Waals surface area (Å²) in [5.41, 5.74) is 0. The molecule has 100 valence electrons. The first kappa shape index (κ1) is 14.2. The Morgan fingerprint density at radius 1 is 1.22 bits per heavy atom. The second-order valence-corrected chi connectivity index (χ2v) is 3.70. The van der Waals surface area contributed by atoms with Crippen molar-refractivity contribution in [2.75, 3.05) is 30.3 Å². The zero-order valence-electron chi connectivity index (χ0n) is 10.9. The van der Waals surface area contributed by atoms with Crippen LogP contribution in [0.4, 0.5) is 11.6 Å². The van der Waals surface area contributed by atoms with Gasteiger partial charge in [-0.3, -0.25) is 9.78 Å². The highest BCUT2D eigenvalue weighted by Crippen LogP contribution is 2.06. The van der Waals surface area contributed by atoms with Gasteiger partial charge in [-0.05, 0) is 13.3 Å². The highest BCUT2D eigenvalue weighted by Gasteiger charge is 2.02. The summed E-state index contributed by atoms with van der Waals surface area (Å²) < 4.78 is 4.83. The molecule has 1 aromatic heterocycles. The van der Waals surface area contributed by atoms with E-state index in [1.807, 2.05) is 0 Å². The molecule has 1 aromatic rings. The molecule has 1 rings (SSSR count). The minimum atomic E-state index is -0.210. The van der Waals surface area contributed by atoms with Crippen LogP contribution in [0.3, 0.4) is 0 Å². The van der Waals surface area contributed by atoms with Crippen LogP contribution in [0.15, 0.2) is 12.4 Å². The molecule has 0 atom stereocenters. The van der Waals surface area contributed by atoms with Crippen molar-refractivity contribution in [3.05, 3.63) is 12.4 Å². The molecular weight excluding hydrogens is 232 g/mol. The fourth-order valence-electron chi connectivity index (χ4n) is 1.32. The lowest BCUT2D eigenvalue weighted by Crippen LogP contribution is -2.12. The number of aromatic nitrogens is 2. The fourth-order valence-corrected chi connectivity index (χ4v) is 1.32. The summed E-state index contributed by atoms with van der Waals surface area (Å²) in [6, 6.07) is 0. The van der Waals surface area contributed by atoms with Crippen LogP contribution < -0.4 is 10.6 Å². The van der Waals surface area contributed by atoms with Gasteiger partial charge in [-0.25, -0.2) is 4.98 Å². The molecule has 18 heavy (non-hydrogen) atoms. The molecule has 0 aliphatic carbocycles. The third-order valence-electron chi connectivity index (χ3n) is 2.13. The van der Waals surface area contributed by atoms with Crippen molar-refractivity contribution >= 4 is 17.6 Å². The van der Waals surface area contributed by atoms with Gasteiger partial charge in [0.1, 0.15) is 11.6 Å². The predicted octanol–water partition coefficient (Wildman–Crippen LogP) is 1.66. The van der Waals surface area contributed by atoms with Gasteiger partial charge in [-0.15, -0.1) is 0 Å². The molecule has 0 aromatic carbocycles. The molecule has 0 spiro atoms. The van der Waals surface area contributed by atoms with E-state index in [2.05, 4.69) is 27.5 Å². The van der Waals surface area contributed by atoms with Crippen molar-refractivity contribution in [3.63, 3.8) is 0 Å². The SMILES string of the molecule is CCCNc1cncc(NCCC(=O)OCC)n1. The number of carbonyl (C=O) groups is 1. The molecule has 0 bridgehead atoms. The topological polar surface area (TPSA) is 76.1 Å². The monoisotopic (exact) mass is 252 g/mol. The standard InChI is InChI=1S/C12H20N4O2/c1-3-6-14-10-8-13-9-11(16-10)15-7-5-12(17)18-4-2/h8-9H,3-7H2,1-2H3,(H2,14,15,16). The van der Waals surface area contributed by atoms with E-state index in [9.17, 15) is 4.79 Å². The number of ether oxygens (including phenoxy) is 1. The highest BCUT2D eigenvalue weighted by atomic mass is 16.5. The Labute approximate surface area is 107 Å². The van der Waals surface area contributed by atoms with Crippen molar-refractivity contribution in [2.24, 2.45) is 0 Å². The van der Waals surface area contributed by atoms with Crippen LogP contribution >= 0.6 is 0 Å². The Balaban J connectivity index is 2.35. The quantitative estimate of drug-likeness (QED) is 0.685. The van der Waals surface area contributed by atoms with Crippen LogP contribution in [0.5, 0.6) is 0 Å². The van der Waals surface area contributed by atoms with E-state index < -0.39 is 0 Å². The van der Waals surface area contributed by atoms with Crippen LogP contribution in [0.2, 0.25) is 0 Å². The molecule has 2 N–H and O–H groups in total. The van der Waals surface area contributed by atoms with Crippen LogP contribution in [0.1, 0.15) is 26.7 Å². The largest absolute Gasteiger partial charge is 0.466 e.